The van der Waals surface area contributed by atoms with Gasteiger partial charge in [0, 0.05) is 17.0 Å². The number of halogens is 1. The van der Waals surface area contributed by atoms with E-state index in [0.717, 1.165) is 17.3 Å². The van der Waals surface area contributed by atoms with Gasteiger partial charge in [0.2, 0.25) is 0 Å². The van der Waals surface area contributed by atoms with Gasteiger partial charge < -0.3 is 4.74 Å². The molecule has 1 fully saturated rings. The van der Waals surface area contributed by atoms with Crippen LogP contribution in [0.15, 0.2) is 15.2 Å². The van der Waals surface area contributed by atoms with Crippen molar-refractivity contribution < 1.29 is 4.74 Å². The monoisotopic (exact) mass is 332 g/mol. The van der Waals surface area contributed by atoms with Crippen LogP contribution < -0.4 is 11.3 Å². The lowest BCUT2D eigenvalue weighted by atomic mass is 9.83. The van der Waals surface area contributed by atoms with Crippen molar-refractivity contribution in [3.63, 3.8) is 0 Å². The van der Waals surface area contributed by atoms with Gasteiger partial charge in [-0.25, -0.2) is 5.43 Å². The second-order valence-corrected chi connectivity index (χ2v) is 6.56. The Morgan fingerprint density at radius 3 is 2.44 bits per heavy atom. The lowest BCUT2D eigenvalue weighted by molar-refractivity contribution is -0.0542. The molecule has 1 atom stereocenters. The van der Waals surface area contributed by atoms with Gasteiger partial charge in [0.15, 0.2) is 0 Å². The molecule has 1 saturated carbocycles. The first-order valence-corrected chi connectivity index (χ1v) is 8.20. The quantitative estimate of drug-likeness (QED) is 0.501. The zero-order valence-corrected chi connectivity index (χ0v) is 13.1. The van der Waals surface area contributed by atoms with Crippen LogP contribution in [-0.2, 0) is 4.74 Å². The van der Waals surface area contributed by atoms with Crippen LogP contribution in [0.4, 0.5) is 0 Å². The van der Waals surface area contributed by atoms with Crippen molar-refractivity contribution in [2.45, 2.75) is 50.2 Å². The predicted molar refractivity (Wildman–Crippen MR) is 79.5 cm³/mol. The number of methoxy groups -OCH3 is 1. The van der Waals surface area contributed by atoms with E-state index in [0.29, 0.717) is 0 Å². The van der Waals surface area contributed by atoms with Gasteiger partial charge >= 0.3 is 0 Å². The summed E-state index contributed by atoms with van der Waals surface area (Å²) in [6, 6.07) is 0.0567. The van der Waals surface area contributed by atoms with Crippen LogP contribution in [0.1, 0.15) is 50.1 Å². The molecule has 0 aliphatic heterocycles. The molecule has 3 N–H and O–H groups in total. The van der Waals surface area contributed by atoms with Crippen LogP contribution in [0.3, 0.4) is 0 Å². The molecule has 5 heteroatoms. The Morgan fingerprint density at radius 2 is 2.00 bits per heavy atom. The highest BCUT2D eigenvalue weighted by Crippen LogP contribution is 2.42. The lowest BCUT2D eigenvalue weighted by Crippen LogP contribution is -2.47. The normalized spacial score (nSPS) is 21.5. The number of hydrazine groups is 1. The number of thiophene rings is 1. The Morgan fingerprint density at radius 1 is 1.33 bits per heavy atom. The smallest absolute Gasteiger partial charge is 0.0886 e. The molecule has 0 bridgehead atoms. The Kier molecular flexibility index (Phi) is 5.21. The van der Waals surface area contributed by atoms with Crippen LogP contribution in [0.25, 0.3) is 0 Å². The number of rotatable bonds is 4. The van der Waals surface area contributed by atoms with Crippen molar-refractivity contribution in [1.82, 2.24) is 5.43 Å². The molecule has 1 aromatic heterocycles. The highest BCUT2D eigenvalue weighted by Gasteiger charge is 2.40. The molecule has 2 rings (SSSR count). The SMILES string of the molecule is COC1(C(NN)c2cscc2Br)CCCCCC1. The van der Waals surface area contributed by atoms with E-state index in [1.165, 1.54) is 31.2 Å². The maximum atomic E-state index is 5.93. The fourth-order valence-electron chi connectivity index (χ4n) is 2.96. The predicted octanol–water partition coefficient (Wildman–Crippen LogP) is 3.75. The lowest BCUT2D eigenvalue weighted by Gasteiger charge is -2.39. The van der Waals surface area contributed by atoms with Crippen LogP contribution in [0.5, 0.6) is 0 Å². The molecule has 1 heterocycles. The van der Waals surface area contributed by atoms with Gasteiger partial charge in [-0.1, -0.05) is 25.7 Å². The second-order valence-electron chi connectivity index (χ2n) is 4.96. The second kappa shape index (κ2) is 6.48. The van der Waals surface area contributed by atoms with E-state index in [1.807, 2.05) is 7.11 Å². The van der Waals surface area contributed by atoms with Crippen molar-refractivity contribution >= 4 is 27.3 Å². The molecule has 0 spiro atoms. The van der Waals surface area contributed by atoms with Crippen molar-refractivity contribution in [1.29, 1.82) is 0 Å². The van der Waals surface area contributed by atoms with E-state index < -0.39 is 0 Å². The summed E-state index contributed by atoms with van der Waals surface area (Å²) in [4.78, 5) is 0. The number of nitrogens with one attached hydrogen (secondary N) is 1. The maximum absolute atomic E-state index is 5.93. The summed E-state index contributed by atoms with van der Waals surface area (Å²) in [6.07, 6.45) is 7.17. The minimum absolute atomic E-state index is 0.0567. The van der Waals surface area contributed by atoms with Crippen LogP contribution >= 0.6 is 27.3 Å². The van der Waals surface area contributed by atoms with E-state index >= 15 is 0 Å². The third-order valence-electron chi connectivity index (χ3n) is 4.00. The minimum atomic E-state index is -0.172. The summed E-state index contributed by atoms with van der Waals surface area (Å²) in [5, 5.41) is 4.25. The van der Waals surface area contributed by atoms with Crippen LogP contribution in [0, 0.1) is 0 Å². The highest BCUT2D eigenvalue weighted by atomic mass is 79.9. The van der Waals surface area contributed by atoms with Crippen LogP contribution in [-0.4, -0.2) is 12.7 Å². The van der Waals surface area contributed by atoms with Gasteiger partial charge in [-0.15, -0.1) is 0 Å². The molecule has 1 aliphatic carbocycles. The zero-order chi connectivity index (χ0) is 13.0. The number of hydrogen-bond donors (Lipinski definition) is 2. The van der Waals surface area contributed by atoms with Crippen molar-refractivity contribution in [2.24, 2.45) is 5.84 Å². The molecular formula is C13H21BrN2OS. The van der Waals surface area contributed by atoms with E-state index in [1.54, 1.807) is 11.3 Å². The molecule has 0 saturated heterocycles. The summed E-state index contributed by atoms with van der Waals surface area (Å²) in [6.45, 7) is 0. The Hall–Kier alpha value is 0.0600. The summed E-state index contributed by atoms with van der Waals surface area (Å²) in [7, 11) is 1.82. The van der Waals surface area contributed by atoms with Gasteiger partial charge in [-0.2, -0.15) is 11.3 Å². The molecule has 18 heavy (non-hydrogen) atoms. The molecule has 3 nitrogen and oxygen atoms in total. The first-order chi connectivity index (χ1) is 8.73. The van der Waals surface area contributed by atoms with Gasteiger partial charge in [0.25, 0.3) is 0 Å². The molecule has 0 radical (unpaired) electrons. The van der Waals surface area contributed by atoms with E-state index in [2.05, 4.69) is 32.1 Å². The van der Waals surface area contributed by atoms with Gasteiger partial charge in [-0.05, 0) is 39.7 Å². The number of nitrogens with two attached hydrogens (primary N) is 1. The van der Waals surface area contributed by atoms with Crippen molar-refractivity contribution in [2.75, 3.05) is 7.11 Å². The maximum Gasteiger partial charge on any atom is 0.0886 e. The fourth-order valence-corrected chi connectivity index (χ4v) is 4.51. The molecule has 1 aliphatic rings. The topological polar surface area (TPSA) is 47.3 Å². The van der Waals surface area contributed by atoms with Gasteiger partial charge in [-0.3, -0.25) is 5.84 Å². The van der Waals surface area contributed by atoms with Crippen LogP contribution in [0.2, 0.25) is 0 Å². The first-order valence-electron chi connectivity index (χ1n) is 6.46. The van der Waals surface area contributed by atoms with E-state index in [-0.39, 0.29) is 11.6 Å². The Balaban J connectivity index is 2.30. The summed E-state index contributed by atoms with van der Waals surface area (Å²) >= 11 is 5.30. The highest BCUT2D eigenvalue weighted by molar-refractivity contribution is 9.10. The molecule has 0 aromatic carbocycles. The van der Waals surface area contributed by atoms with E-state index in [4.69, 9.17) is 10.6 Å². The Bertz CT molecular complexity index is 375. The third kappa shape index (κ3) is 2.80. The molecular weight excluding hydrogens is 312 g/mol. The minimum Gasteiger partial charge on any atom is -0.376 e. The molecule has 1 aromatic rings. The molecule has 0 amide bonds. The average Bonchev–Trinajstić information content (AvgIpc) is 2.67. The summed E-state index contributed by atoms with van der Waals surface area (Å²) in [5.74, 6) is 5.83. The Labute approximate surface area is 121 Å². The third-order valence-corrected chi connectivity index (χ3v) is 5.75. The molecule has 102 valence electrons. The fraction of sp³-hybridized carbons (Fsp3) is 0.692. The van der Waals surface area contributed by atoms with E-state index in [9.17, 15) is 0 Å². The number of hydrogen-bond acceptors (Lipinski definition) is 4. The number of ether oxygens (including phenoxy) is 1. The zero-order valence-electron chi connectivity index (χ0n) is 10.7. The largest absolute Gasteiger partial charge is 0.376 e. The van der Waals surface area contributed by atoms with Crippen molar-refractivity contribution in [3.8, 4) is 0 Å². The van der Waals surface area contributed by atoms with Gasteiger partial charge in [0.05, 0.1) is 11.6 Å². The molecule has 1 unspecified atom stereocenters. The van der Waals surface area contributed by atoms with Gasteiger partial charge in [0.1, 0.15) is 0 Å². The average molecular weight is 333 g/mol. The van der Waals surface area contributed by atoms with Crippen molar-refractivity contribution in [3.05, 3.63) is 20.8 Å². The summed E-state index contributed by atoms with van der Waals surface area (Å²) in [5.41, 5.74) is 4.03. The first kappa shape index (κ1) is 14.5. The summed E-state index contributed by atoms with van der Waals surface area (Å²) < 4.78 is 7.05. The standard InChI is InChI=1S/C13H21BrN2OS/c1-17-13(6-4-2-3-5-7-13)12(16-15)10-8-18-9-11(10)14/h8-9,12,16H,2-7,15H2,1H3.